The van der Waals surface area contributed by atoms with Gasteiger partial charge in [-0.05, 0) is 31.2 Å². The number of anilines is 1. The number of benzene rings is 1. The van der Waals surface area contributed by atoms with Crippen LogP contribution in [0.5, 0.6) is 0 Å². The van der Waals surface area contributed by atoms with Crippen molar-refractivity contribution in [3.8, 4) is 0 Å². The number of rotatable bonds is 2. The zero-order valence-corrected chi connectivity index (χ0v) is 10.8. The van der Waals surface area contributed by atoms with Gasteiger partial charge in [0.1, 0.15) is 4.99 Å². The summed E-state index contributed by atoms with van der Waals surface area (Å²) in [6.45, 7) is 1.93. The number of para-hydroxylation sites is 1. The lowest BCUT2D eigenvalue weighted by Gasteiger charge is -2.09. The second kappa shape index (κ2) is 5.25. The normalized spacial score (nSPS) is 10.0. The van der Waals surface area contributed by atoms with Crippen molar-refractivity contribution < 1.29 is 0 Å². The minimum Gasteiger partial charge on any atom is -0.344 e. The Morgan fingerprint density at radius 1 is 1.18 bits per heavy atom. The summed E-state index contributed by atoms with van der Waals surface area (Å²) in [7, 11) is 0. The molecule has 0 aliphatic carbocycles. The van der Waals surface area contributed by atoms with Gasteiger partial charge in [-0.1, -0.05) is 42.0 Å². The minimum atomic E-state index is 0.571. The highest BCUT2D eigenvalue weighted by Gasteiger charge is 2.05. The first kappa shape index (κ1) is 12.0. The Morgan fingerprint density at radius 2 is 1.94 bits per heavy atom. The van der Waals surface area contributed by atoms with Crippen molar-refractivity contribution in [1.82, 2.24) is 4.98 Å². The molecule has 86 valence electrons. The molecule has 0 radical (unpaired) electrons. The lowest BCUT2D eigenvalue weighted by molar-refractivity contribution is 1.18. The van der Waals surface area contributed by atoms with Crippen LogP contribution >= 0.6 is 23.8 Å². The number of hydrogen-bond acceptors (Lipinski definition) is 2. The molecule has 0 unspecified atom stereocenters. The van der Waals surface area contributed by atoms with Gasteiger partial charge in [0.2, 0.25) is 0 Å². The Kier molecular flexibility index (Phi) is 3.71. The second-order valence-electron chi connectivity index (χ2n) is 3.60. The maximum Gasteiger partial charge on any atom is 0.129 e. The van der Waals surface area contributed by atoms with Gasteiger partial charge in [0.25, 0.3) is 0 Å². The van der Waals surface area contributed by atoms with Gasteiger partial charge in [-0.3, -0.25) is 4.98 Å². The van der Waals surface area contributed by atoms with Crippen molar-refractivity contribution in [2.24, 2.45) is 0 Å². The summed E-state index contributed by atoms with van der Waals surface area (Å²) in [5.41, 5.74) is 2.48. The third-order valence-electron chi connectivity index (χ3n) is 2.24. The smallest absolute Gasteiger partial charge is 0.129 e. The molecule has 1 heterocycles. The molecule has 0 spiro atoms. The average Bonchev–Trinajstić information content (AvgIpc) is 2.32. The van der Waals surface area contributed by atoms with E-state index in [0.717, 1.165) is 17.1 Å². The number of aromatic nitrogens is 1. The molecule has 4 heteroatoms. The zero-order chi connectivity index (χ0) is 12.3. The first-order chi connectivity index (χ1) is 8.16. The van der Waals surface area contributed by atoms with Crippen LogP contribution < -0.4 is 5.32 Å². The summed E-state index contributed by atoms with van der Waals surface area (Å²) in [6.07, 6.45) is 0. The van der Waals surface area contributed by atoms with E-state index in [-0.39, 0.29) is 0 Å². The van der Waals surface area contributed by atoms with Crippen LogP contribution in [0, 0.1) is 6.92 Å². The SMILES string of the molecule is Cc1cccc(C(=S)Nc2ccccc2Cl)n1. The standard InChI is InChI=1S/C13H11ClN2S/c1-9-5-4-8-12(15-9)13(17)16-11-7-3-2-6-10(11)14/h2-8H,1H3,(H,16,17). The molecule has 1 aromatic heterocycles. The molecular formula is C13H11ClN2S. The largest absolute Gasteiger partial charge is 0.344 e. The van der Waals surface area contributed by atoms with Crippen LogP contribution in [0.3, 0.4) is 0 Å². The molecule has 0 aliphatic heterocycles. The first-order valence-electron chi connectivity index (χ1n) is 5.16. The van der Waals surface area contributed by atoms with Crippen LogP contribution in [0.15, 0.2) is 42.5 Å². The number of pyridine rings is 1. The maximum atomic E-state index is 6.04. The van der Waals surface area contributed by atoms with Crippen molar-refractivity contribution in [3.05, 3.63) is 58.9 Å². The Morgan fingerprint density at radius 3 is 2.65 bits per heavy atom. The Bertz CT molecular complexity index is 555. The summed E-state index contributed by atoms with van der Waals surface area (Å²) in [6, 6.07) is 13.2. The van der Waals surface area contributed by atoms with Gasteiger partial charge in [0.15, 0.2) is 0 Å². The molecule has 1 N–H and O–H groups in total. The molecule has 2 aromatic rings. The highest BCUT2D eigenvalue weighted by Crippen LogP contribution is 2.21. The van der Waals surface area contributed by atoms with Gasteiger partial charge < -0.3 is 5.32 Å². The topological polar surface area (TPSA) is 24.9 Å². The van der Waals surface area contributed by atoms with Crippen molar-refractivity contribution >= 4 is 34.5 Å². The average molecular weight is 263 g/mol. The van der Waals surface area contributed by atoms with E-state index in [9.17, 15) is 0 Å². The van der Waals surface area contributed by atoms with Gasteiger partial charge in [0.05, 0.1) is 16.4 Å². The molecule has 0 amide bonds. The molecule has 17 heavy (non-hydrogen) atoms. The van der Waals surface area contributed by atoms with Gasteiger partial charge in [-0.25, -0.2) is 0 Å². The summed E-state index contributed by atoms with van der Waals surface area (Å²) in [4.78, 5) is 4.92. The van der Waals surface area contributed by atoms with Crippen LogP contribution in [0.25, 0.3) is 0 Å². The molecule has 1 aromatic carbocycles. The highest BCUT2D eigenvalue weighted by molar-refractivity contribution is 7.81. The van der Waals surface area contributed by atoms with E-state index in [0.29, 0.717) is 10.0 Å². The predicted molar refractivity (Wildman–Crippen MR) is 75.7 cm³/mol. The van der Waals surface area contributed by atoms with Crippen LogP contribution in [0.2, 0.25) is 5.02 Å². The van der Waals surface area contributed by atoms with Gasteiger partial charge in [-0.2, -0.15) is 0 Å². The van der Waals surface area contributed by atoms with E-state index < -0.39 is 0 Å². The van der Waals surface area contributed by atoms with Crippen molar-refractivity contribution in [2.75, 3.05) is 5.32 Å². The molecule has 0 aliphatic rings. The number of aryl methyl sites for hydroxylation is 1. The monoisotopic (exact) mass is 262 g/mol. The van der Waals surface area contributed by atoms with E-state index in [4.69, 9.17) is 23.8 Å². The number of thiocarbonyl (C=S) groups is 1. The molecular weight excluding hydrogens is 252 g/mol. The Hall–Kier alpha value is -1.45. The quantitative estimate of drug-likeness (QED) is 0.833. The van der Waals surface area contributed by atoms with E-state index >= 15 is 0 Å². The summed E-state index contributed by atoms with van der Waals surface area (Å²) in [5, 5.41) is 3.73. The fourth-order valence-electron chi connectivity index (χ4n) is 1.42. The van der Waals surface area contributed by atoms with E-state index in [1.54, 1.807) is 0 Å². The van der Waals surface area contributed by atoms with E-state index in [1.807, 2.05) is 49.4 Å². The Balaban J connectivity index is 2.20. The van der Waals surface area contributed by atoms with E-state index in [2.05, 4.69) is 10.3 Å². The number of hydrogen-bond donors (Lipinski definition) is 1. The van der Waals surface area contributed by atoms with Crippen LogP contribution in [0.1, 0.15) is 11.4 Å². The van der Waals surface area contributed by atoms with Crippen molar-refractivity contribution in [1.29, 1.82) is 0 Å². The fraction of sp³-hybridized carbons (Fsp3) is 0.0769. The number of halogens is 1. The van der Waals surface area contributed by atoms with Crippen molar-refractivity contribution in [3.63, 3.8) is 0 Å². The number of nitrogens with zero attached hydrogens (tertiary/aromatic N) is 1. The molecule has 0 fully saturated rings. The number of nitrogens with one attached hydrogen (secondary N) is 1. The van der Waals surface area contributed by atoms with Gasteiger partial charge >= 0.3 is 0 Å². The molecule has 0 saturated carbocycles. The zero-order valence-electron chi connectivity index (χ0n) is 9.27. The molecule has 0 bridgehead atoms. The third-order valence-corrected chi connectivity index (χ3v) is 2.88. The van der Waals surface area contributed by atoms with E-state index in [1.165, 1.54) is 0 Å². The first-order valence-corrected chi connectivity index (χ1v) is 5.95. The highest BCUT2D eigenvalue weighted by atomic mass is 35.5. The third kappa shape index (κ3) is 3.02. The molecule has 2 nitrogen and oxygen atoms in total. The predicted octanol–water partition coefficient (Wildman–Crippen LogP) is 3.83. The van der Waals surface area contributed by atoms with Gasteiger partial charge in [0, 0.05) is 5.69 Å². The fourth-order valence-corrected chi connectivity index (χ4v) is 1.83. The molecule has 0 saturated heterocycles. The molecule has 2 rings (SSSR count). The van der Waals surface area contributed by atoms with Gasteiger partial charge in [-0.15, -0.1) is 0 Å². The summed E-state index contributed by atoms with van der Waals surface area (Å²) >= 11 is 11.3. The van der Waals surface area contributed by atoms with Crippen LogP contribution in [-0.2, 0) is 0 Å². The van der Waals surface area contributed by atoms with Crippen LogP contribution in [-0.4, -0.2) is 9.97 Å². The maximum absolute atomic E-state index is 6.04. The van der Waals surface area contributed by atoms with Crippen molar-refractivity contribution in [2.45, 2.75) is 6.92 Å². The molecule has 0 atom stereocenters. The lowest BCUT2D eigenvalue weighted by Crippen LogP contribution is -2.12. The second-order valence-corrected chi connectivity index (χ2v) is 4.41. The van der Waals surface area contributed by atoms with Crippen LogP contribution in [0.4, 0.5) is 5.69 Å². The lowest BCUT2D eigenvalue weighted by atomic mass is 10.3. The summed E-state index contributed by atoms with van der Waals surface area (Å²) in [5.74, 6) is 0. The minimum absolute atomic E-state index is 0.571. The Labute approximate surface area is 111 Å². The summed E-state index contributed by atoms with van der Waals surface area (Å²) < 4.78 is 0.